The molecule has 6 nitrogen and oxygen atoms in total. The third-order valence-electron chi connectivity index (χ3n) is 4.72. The van der Waals surface area contributed by atoms with Crippen molar-refractivity contribution in [2.24, 2.45) is 0 Å². The third-order valence-corrected chi connectivity index (χ3v) is 4.72. The fourth-order valence-corrected chi connectivity index (χ4v) is 3.19. The van der Waals surface area contributed by atoms with E-state index in [1.165, 1.54) is 6.07 Å². The van der Waals surface area contributed by atoms with Crippen LogP contribution in [0, 0.1) is 17.1 Å². The number of hydrogen-bond donors (Lipinski definition) is 2. The SMILES string of the molecule is C[C@@H](NC(=O)N1CCN(c2cccc(F)c2C#N)CC1)c1cccc(O)c1. The summed E-state index contributed by atoms with van der Waals surface area (Å²) in [5.41, 5.74) is 1.42. The molecule has 1 aliphatic rings. The molecule has 140 valence electrons. The van der Waals surface area contributed by atoms with Gasteiger partial charge in [-0.2, -0.15) is 5.26 Å². The van der Waals surface area contributed by atoms with Crippen LogP contribution in [0.15, 0.2) is 42.5 Å². The normalized spacial score (nSPS) is 15.1. The molecule has 1 atom stereocenters. The number of phenolic OH excluding ortho intramolecular Hbond substituents is 1. The molecule has 7 heteroatoms. The fraction of sp³-hybridized carbons (Fsp3) is 0.300. The summed E-state index contributed by atoms with van der Waals surface area (Å²) < 4.78 is 13.8. The van der Waals surface area contributed by atoms with E-state index >= 15 is 0 Å². The number of aromatic hydroxyl groups is 1. The summed E-state index contributed by atoms with van der Waals surface area (Å²) >= 11 is 0. The highest BCUT2D eigenvalue weighted by atomic mass is 19.1. The van der Waals surface area contributed by atoms with E-state index in [2.05, 4.69) is 5.32 Å². The van der Waals surface area contributed by atoms with Gasteiger partial charge in [0, 0.05) is 26.2 Å². The molecule has 0 saturated carbocycles. The molecule has 27 heavy (non-hydrogen) atoms. The van der Waals surface area contributed by atoms with Gasteiger partial charge in [-0.1, -0.05) is 18.2 Å². The molecule has 2 amide bonds. The summed E-state index contributed by atoms with van der Waals surface area (Å²) in [5, 5.41) is 21.7. The Labute approximate surface area is 157 Å². The van der Waals surface area contributed by atoms with E-state index in [-0.39, 0.29) is 23.4 Å². The van der Waals surface area contributed by atoms with E-state index in [9.17, 15) is 19.6 Å². The zero-order valence-corrected chi connectivity index (χ0v) is 15.0. The van der Waals surface area contributed by atoms with Gasteiger partial charge in [0.1, 0.15) is 23.2 Å². The van der Waals surface area contributed by atoms with Crippen LogP contribution in [0.5, 0.6) is 5.75 Å². The number of carbonyl (C=O) groups excluding carboxylic acids is 1. The number of nitrogens with one attached hydrogen (secondary N) is 1. The topological polar surface area (TPSA) is 79.6 Å². The van der Waals surface area contributed by atoms with Crippen molar-refractivity contribution in [3.63, 3.8) is 0 Å². The third kappa shape index (κ3) is 4.11. The van der Waals surface area contributed by atoms with Gasteiger partial charge in [0.05, 0.1) is 11.7 Å². The standard InChI is InChI=1S/C20H21FN4O2/c1-14(15-4-2-5-16(26)12-15)23-20(27)25-10-8-24(9-11-25)19-7-3-6-18(21)17(19)13-22/h2-7,12,14,26H,8-11H2,1H3,(H,23,27)/t14-/m1/s1. The predicted molar refractivity (Wildman–Crippen MR) is 100.0 cm³/mol. The number of nitrogens with zero attached hydrogens (tertiary/aromatic N) is 3. The summed E-state index contributed by atoms with van der Waals surface area (Å²) in [7, 11) is 0. The van der Waals surface area contributed by atoms with E-state index < -0.39 is 5.82 Å². The summed E-state index contributed by atoms with van der Waals surface area (Å²) in [5.74, 6) is -0.374. The molecule has 0 unspecified atom stereocenters. The molecule has 0 bridgehead atoms. The van der Waals surface area contributed by atoms with Gasteiger partial charge in [-0.25, -0.2) is 9.18 Å². The zero-order valence-electron chi connectivity index (χ0n) is 15.0. The first-order chi connectivity index (χ1) is 13.0. The molecule has 0 aromatic heterocycles. The Bertz CT molecular complexity index is 873. The quantitative estimate of drug-likeness (QED) is 0.873. The lowest BCUT2D eigenvalue weighted by molar-refractivity contribution is 0.191. The second-order valence-corrected chi connectivity index (χ2v) is 6.49. The Balaban J connectivity index is 1.60. The van der Waals surface area contributed by atoms with Crippen molar-refractivity contribution in [2.75, 3.05) is 31.1 Å². The lowest BCUT2D eigenvalue weighted by Gasteiger charge is -2.37. The number of nitriles is 1. The predicted octanol–water partition coefficient (Wildman–Crippen LogP) is 3.00. The molecule has 2 N–H and O–H groups in total. The minimum atomic E-state index is -0.532. The Hall–Kier alpha value is -3.27. The van der Waals surface area contributed by atoms with E-state index in [1.54, 1.807) is 35.2 Å². The average Bonchev–Trinajstić information content (AvgIpc) is 2.68. The fourth-order valence-electron chi connectivity index (χ4n) is 3.19. The van der Waals surface area contributed by atoms with Crippen LogP contribution in [-0.2, 0) is 0 Å². The number of benzene rings is 2. The maximum Gasteiger partial charge on any atom is 0.317 e. The first-order valence-electron chi connectivity index (χ1n) is 8.77. The maximum atomic E-state index is 13.8. The van der Waals surface area contributed by atoms with Gasteiger partial charge in [0.25, 0.3) is 0 Å². The molecule has 1 aliphatic heterocycles. The van der Waals surface area contributed by atoms with Crippen LogP contribution in [-0.4, -0.2) is 42.2 Å². The highest BCUT2D eigenvalue weighted by molar-refractivity contribution is 5.75. The molecule has 0 spiro atoms. The number of halogens is 1. The van der Waals surface area contributed by atoms with Crippen LogP contribution in [0.4, 0.5) is 14.9 Å². The van der Waals surface area contributed by atoms with E-state index in [1.807, 2.05) is 24.0 Å². The molecule has 1 heterocycles. The summed E-state index contributed by atoms with van der Waals surface area (Å²) in [6, 6.07) is 12.8. The lowest BCUT2D eigenvalue weighted by Crippen LogP contribution is -2.52. The van der Waals surface area contributed by atoms with Crippen molar-refractivity contribution in [1.82, 2.24) is 10.2 Å². The summed E-state index contributed by atoms with van der Waals surface area (Å²) in [4.78, 5) is 16.1. The smallest absolute Gasteiger partial charge is 0.317 e. The van der Waals surface area contributed by atoms with Gasteiger partial charge in [0.15, 0.2) is 0 Å². The number of amides is 2. The first-order valence-corrected chi connectivity index (χ1v) is 8.77. The van der Waals surface area contributed by atoms with Crippen molar-refractivity contribution in [2.45, 2.75) is 13.0 Å². The number of phenols is 1. The van der Waals surface area contributed by atoms with Crippen LogP contribution in [0.25, 0.3) is 0 Å². The summed E-state index contributed by atoms with van der Waals surface area (Å²) in [6.45, 7) is 3.84. The van der Waals surface area contributed by atoms with Crippen LogP contribution < -0.4 is 10.2 Å². The second-order valence-electron chi connectivity index (χ2n) is 6.49. The minimum Gasteiger partial charge on any atom is -0.508 e. The Morgan fingerprint density at radius 3 is 2.59 bits per heavy atom. The molecular weight excluding hydrogens is 347 g/mol. The highest BCUT2D eigenvalue weighted by Gasteiger charge is 2.24. The molecule has 0 aliphatic carbocycles. The van der Waals surface area contributed by atoms with Crippen molar-refractivity contribution in [3.8, 4) is 11.8 Å². The number of piperazine rings is 1. The molecule has 1 saturated heterocycles. The van der Waals surface area contributed by atoms with E-state index in [0.717, 1.165) is 5.56 Å². The molecule has 1 fully saturated rings. The Kier molecular flexibility index (Phi) is 5.46. The van der Waals surface area contributed by atoms with Crippen molar-refractivity contribution >= 4 is 11.7 Å². The van der Waals surface area contributed by atoms with Gasteiger partial charge in [-0.3, -0.25) is 0 Å². The van der Waals surface area contributed by atoms with Crippen molar-refractivity contribution in [3.05, 3.63) is 59.4 Å². The minimum absolute atomic E-state index is 0.0351. The summed E-state index contributed by atoms with van der Waals surface area (Å²) in [6.07, 6.45) is 0. The second kappa shape index (κ2) is 7.96. The number of rotatable bonds is 3. The number of urea groups is 1. The van der Waals surface area contributed by atoms with Crippen LogP contribution in [0.1, 0.15) is 24.1 Å². The molecule has 3 rings (SSSR count). The van der Waals surface area contributed by atoms with Gasteiger partial charge in [-0.15, -0.1) is 0 Å². The molecular formula is C20H21FN4O2. The first kappa shape index (κ1) is 18.5. The zero-order chi connectivity index (χ0) is 19.4. The van der Waals surface area contributed by atoms with Crippen LogP contribution in [0.3, 0.4) is 0 Å². The monoisotopic (exact) mass is 368 g/mol. The van der Waals surface area contributed by atoms with Gasteiger partial charge in [-0.05, 0) is 36.8 Å². The van der Waals surface area contributed by atoms with Gasteiger partial charge < -0.3 is 20.2 Å². The van der Waals surface area contributed by atoms with E-state index in [4.69, 9.17) is 0 Å². The number of anilines is 1. The average molecular weight is 368 g/mol. The van der Waals surface area contributed by atoms with Crippen LogP contribution >= 0.6 is 0 Å². The van der Waals surface area contributed by atoms with Crippen molar-refractivity contribution in [1.29, 1.82) is 5.26 Å². The largest absolute Gasteiger partial charge is 0.508 e. The molecule has 2 aromatic rings. The lowest BCUT2D eigenvalue weighted by atomic mass is 10.1. The number of hydrogen-bond acceptors (Lipinski definition) is 4. The van der Waals surface area contributed by atoms with Gasteiger partial charge >= 0.3 is 6.03 Å². The molecule has 2 aromatic carbocycles. The highest BCUT2D eigenvalue weighted by Crippen LogP contribution is 2.24. The van der Waals surface area contributed by atoms with E-state index in [0.29, 0.717) is 31.9 Å². The van der Waals surface area contributed by atoms with Gasteiger partial charge in [0.2, 0.25) is 0 Å². The van der Waals surface area contributed by atoms with Crippen molar-refractivity contribution < 1.29 is 14.3 Å². The maximum absolute atomic E-state index is 13.8. The Morgan fingerprint density at radius 2 is 1.93 bits per heavy atom. The van der Waals surface area contributed by atoms with Crippen LogP contribution in [0.2, 0.25) is 0 Å². The Morgan fingerprint density at radius 1 is 1.22 bits per heavy atom. The molecule has 0 radical (unpaired) electrons. The number of carbonyl (C=O) groups is 1.